The summed E-state index contributed by atoms with van der Waals surface area (Å²) in [5, 5.41) is 12.3. The first-order valence-electron chi connectivity index (χ1n) is 5.73. The first kappa shape index (κ1) is 13.1. The molecule has 1 heterocycles. The van der Waals surface area contributed by atoms with Crippen LogP contribution in [0.1, 0.15) is 10.4 Å². The number of ether oxygens (including phenoxy) is 1. The Morgan fingerprint density at radius 1 is 1.42 bits per heavy atom. The molecular weight excluding hydrogens is 248 g/mol. The van der Waals surface area contributed by atoms with Crippen LogP contribution in [0.3, 0.4) is 0 Å². The largest absolute Gasteiger partial charge is 0.479 e. The van der Waals surface area contributed by atoms with E-state index in [9.17, 15) is 9.59 Å². The topological polar surface area (TPSA) is 91.4 Å². The fourth-order valence-corrected chi connectivity index (χ4v) is 1.83. The maximum Gasteiger partial charge on any atom is 0.334 e. The molecule has 0 spiro atoms. The molecule has 3 N–H and O–H groups in total. The van der Waals surface area contributed by atoms with E-state index in [2.05, 4.69) is 10.3 Å². The number of aromatic amines is 1. The highest BCUT2D eigenvalue weighted by atomic mass is 16.5. The number of amides is 1. The van der Waals surface area contributed by atoms with Gasteiger partial charge in [-0.2, -0.15) is 0 Å². The molecule has 19 heavy (non-hydrogen) atoms. The standard InChI is InChI=1S/C13H14N2O4/c1-19-10(13(17)18)7-15-12(16)9-4-2-3-8-5-6-14-11(8)9/h2-6,10,14H,7H2,1H3,(H,15,16)(H,17,18). The molecule has 0 radical (unpaired) electrons. The lowest BCUT2D eigenvalue weighted by Gasteiger charge is -2.11. The zero-order chi connectivity index (χ0) is 13.8. The van der Waals surface area contributed by atoms with E-state index >= 15 is 0 Å². The van der Waals surface area contributed by atoms with E-state index in [0.29, 0.717) is 5.56 Å². The number of benzene rings is 1. The fraction of sp³-hybridized carbons (Fsp3) is 0.231. The number of rotatable bonds is 5. The van der Waals surface area contributed by atoms with Crippen LogP contribution < -0.4 is 5.32 Å². The molecule has 100 valence electrons. The number of hydrogen-bond acceptors (Lipinski definition) is 3. The van der Waals surface area contributed by atoms with E-state index in [1.54, 1.807) is 18.3 Å². The molecule has 1 aromatic carbocycles. The number of fused-ring (bicyclic) bond motifs is 1. The maximum atomic E-state index is 12.0. The summed E-state index contributed by atoms with van der Waals surface area (Å²) in [7, 11) is 1.29. The van der Waals surface area contributed by atoms with Gasteiger partial charge in [-0.3, -0.25) is 4.79 Å². The van der Waals surface area contributed by atoms with Gasteiger partial charge in [0.15, 0.2) is 6.10 Å². The number of methoxy groups -OCH3 is 1. The predicted molar refractivity (Wildman–Crippen MR) is 69.1 cm³/mol. The minimum atomic E-state index is -1.11. The highest BCUT2D eigenvalue weighted by Crippen LogP contribution is 2.16. The second-order valence-corrected chi connectivity index (χ2v) is 4.02. The molecule has 0 aliphatic heterocycles. The van der Waals surface area contributed by atoms with Crippen LogP contribution in [0.4, 0.5) is 0 Å². The van der Waals surface area contributed by atoms with Gasteiger partial charge in [-0.25, -0.2) is 4.79 Å². The van der Waals surface area contributed by atoms with Crippen LogP contribution in [0.25, 0.3) is 10.9 Å². The van der Waals surface area contributed by atoms with Gasteiger partial charge >= 0.3 is 5.97 Å². The summed E-state index contributed by atoms with van der Waals surface area (Å²) in [5.41, 5.74) is 1.20. The Balaban J connectivity index is 2.12. The normalized spacial score (nSPS) is 12.3. The van der Waals surface area contributed by atoms with Gasteiger partial charge in [0.05, 0.1) is 17.6 Å². The highest BCUT2D eigenvalue weighted by molar-refractivity contribution is 6.05. The number of hydrogen-bond donors (Lipinski definition) is 3. The van der Waals surface area contributed by atoms with E-state index < -0.39 is 12.1 Å². The van der Waals surface area contributed by atoms with E-state index in [0.717, 1.165) is 10.9 Å². The third kappa shape index (κ3) is 2.74. The van der Waals surface area contributed by atoms with Crippen LogP contribution in [0.2, 0.25) is 0 Å². The second kappa shape index (κ2) is 5.53. The summed E-state index contributed by atoms with van der Waals surface area (Å²) in [6.45, 7) is -0.0816. The molecule has 0 bridgehead atoms. The van der Waals surface area contributed by atoms with Gasteiger partial charge in [0, 0.05) is 18.7 Å². The lowest BCUT2D eigenvalue weighted by atomic mass is 10.1. The van der Waals surface area contributed by atoms with Crippen molar-refractivity contribution in [1.29, 1.82) is 0 Å². The average Bonchev–Trinajstić information content (AvgIpc) is 2.86. The molecule has 6 heteroatoms. The summed E-state index contributed by atoms with van der Waals surface area (Å²) in [4.78, 5) is 25.8. The van der Waals surface area contributed by atoms with Crippen LogP contribution in [0, 0.1) is 0 Å². The molecule has 6 nitrogen and oxygen atoms in total. The first-order chi connectivity index (χ1) is 9.13. The minimum Gasteiger partial charge on any atom is -0.479 e. The van der Waals surface area contributed by atoms with Crippen molar-refractivity contribution in [2.75, 3.05) is 13.7 Å². The number of para-hydroxylation sites is 1. The van der Waals surface area contributed by atoms with Crippen molar-refractivity contribution in [3.8, 4) is 0 Å². The Morgan fingerprint density at radius 3 is 2.89 bits per heavy atom. The van der Waals surface area contributed by atoms with Crippen LogP contribution in [0.5, 0.6) is 0 Å². The summed E-state index contributed by atoms with van der Waals surface area (Å²) < 4.78 is 4.75. The lowest BCUT2D eigenvalue weighted by Crippen LogP contribution is -2.37. The molecule has 0 aliphatic carbocycles. The summed E-state index contributed by atoms with van der Waals surface area (Å²) in [6.07, 6.45) is 0.697. The number of nitrogens with one attached hydrogen (secondary N) is 2. The number of carboxylic acid groups (broad SMARTS) is 1. The molecule has 0 saturated carbocycles. The molecule has 1 aromatic heterocycles. The highest BCUT2D eigenvalue weighted by Gasteiger charge is 2.18. The van der Waals surface area contributed by atoms with Gasteiger partial charge in [0.25, 0.3) is 5.91 Å². The molecule has 1 atom stereocenters. The number of carbonyl (C=O) groups is 2. The molecular formula is C13H14N2O4. The summed E-state index contributed by atoms with van der Waals surface area (Å²) in [6, 6.07) is 7.20. The zero-order valence-corrected chi connectivity index (χ0v) is 10.3. The molecule has 1 unspecified atom stereocenters. The van der Waals surface area contributed by atoms with Crippen molar-refractivity contribution in [3.63, 3.8) is 0 Å². The summed E-state index contributed by atoms with van der Waals surface area (Å²) in [5.74, 6) is -1.45. The molecule has 2 rings (SSSR count). The third-order valence-corrected chi connectivity index (χ3v) is 2.84. The second-order valence-electron chi connectivity index (χ2n) is 4.02. The SMILES string of the molecule is COC(CNC(=O)c1cccc2cc[nH]c12)C(=O)O. The molecule has 2 aromatic rings. The minimum absolute atomic E-state index is 0.0816. The molecule has 0 saturated heterocycles. The third-order valence-electron chi connectivity index (χ3n) is 2.84. The van der Waals surface area contributed by atoms with Gasteiger partial charge in [-0.15, -0.1) is 0 Å². The van der Waals surface area contributed by atoms with Gasteiger partial charge < -0.3 is 20.1 Å². The van der Waals surface area contributed by atoms with E-state index in [4.69, 9.17) is 9.84 Å². The Morgan fingerprint density at radius 2 is 2.21 bits per heavy atom. The van der Waals surface area contributed by atoms with Gasteiger partial charge in [-0.1, -0.05) is 12.1 Å². The monoisotopic (exact) mass is 262 g/mol. The van der Waals surface area contributed by atoms with Gasteiger partial charge in [-0.05, 0) is 12.1 Å². The number of carbonyl (C=O) groups excluding carboxylic acids is 1. The molecule has 1 amide bonds. The number of H-pyrrole nitrogens is 1. The van der Waals surface area contributed by atoms with E-state index in [1.165, 1.54) is 7.11 Å². The zero-order valence-electron chi connectivity index (χ0n) is 10.3. The first-order valence-corrected chi connectivity index (χ1v) is 5.73. The number of carboxylic acids is 1. The van der Waals surface area contributed by atoms with Gasteiger partial charge in [0.1, 0.15) is 0 Å². The van der Waals surface area contributed by atoms with E-state index in [-0.39, 0.29) is 12.5 Å². The predicted octanol–water partition coefficient (Wildman–Crippen LogP) is 0.997. The summed E-state index contributed by atoms with van der Waals surface area (Å²) >= 11 is 0. The Kier molecular flexibility index (Phi) is 3.82. The Hall–Kier alpha value is -2.34. The van der Waals surface area contributed by atoms with Crippen molar-refractivity contribution in [2.45, 2.75) is 6.10 Å². The van der Waals surface area contributed by atoms with Crippen molar-refractivity contribution in [3.05, 3.63) is 36.0 Å². The quantitative estimate of drug-likeness (QED) is 0.749. The fourth-order valence-electron chi connectivity index (χ4n) is 1.83. The van der Waals surface area contributed by atoms with Crippen LogP contribution >= 0.6 is 0 Å². The van der Waals surface area contributed by atoms with Crippen molar-refractivity contribution in [2.24, 2.45) is 0 Å². The van der Waals surface area contributed by atoms with Crippen molar-refractivity contribution in [1.82, 2.24) is 10.3 Å². The average molecular weight is 262 g/mol. The van der Waals surface area contributed by atoms with Gasteiger partial charge in [0.2, 0.25) is 0 Å². The van der Waals surface area contributed by atoms with Crippen LogP contribution in [0.15, 0.2) is 30.5 Å². The van der Waals surface area contributed by atoms with Crippen LogP contribution in [-0.4, -0.2) is 41.7 Å². The maximum absolute atomic E-state index is 12.0. The molecule has 0 fully saturated rings. The van der Waals surface area contributed by atoms with Crippen LogP contribution in [-0.2, 0) is 9.53 Å². The Bertz CT molecular complexity index is 605. The number of aliphatic carboxylic acids is 1. The molecule has 0 aliphatic rings. The Labute approximate surface area is 109 Å². The smallest absolute Gasteiger partial charge is 0.334 e. The van der Waals surface area contributed by atoms with E-state index in [1.807, 2.05) is 12.1 Å². The number of aromatic nitrogens is 1. The van der Waals surface area contributed by atoms with Crippen molar-refractivity contribution < 1.29 is 19.4 Å². The van der Waals surface area contributed by atoms with Crippen molar-refractivity contribution >= 4 is 22.8 Å². The lowest BCUT2D eigenvalue weighted by molar-refractivity contribution is -0.147.